The molecule has 0 spiro atoms. The van der Waals surface area contributed by atoms with E-state index in [2.05, 4.69) is 4.99 Å². The lowest BCUT2D eigenvalue weighted by atomic mass is 9.79. The van der Waals surface area contributed by atoms with Crippen LogP contribution in [-0.4, -0.2) is 93.6 Å². The zero-order valence-corrected chi connectivity index (χ0v) is 20.7. The molecule has 2 atom stereocenters. The van der Waals surface area contributed by atoms with E-state index in [-0.39, 0.29) is 18.1 Å². The van der Waals surface area contributed by atoms with Gasteiger partial charge in [-0.3, -0.25) is 4.79 Å². The fraction of sp³-hybridized carbons (Fsp3) is 0.522. The number of aliphatic imine (C=N–C) groups is 1. The summed E-state index contributed by atoms with van der Waals surface area (Å²) in [6.07, 6.45) is -3.48. The third-order valence-electron chi connectivity index (χ3n) is 6.34. The first-order chi connectivity index (χ1) is 17.8. The van der Waals surface area contributed by atoms with E-state index in [1.54, 1.807) is 25.1 Å². The van der Waals surface area contributed by atoms with Crippen LogP contribution in [0.3, 0.4) is 0 Å². The van der Waals surface area contributed by atoms with Crippen LogP contribution in [0.4, 0.5) is 14.9 Å². The number of aliphatic hydroxyl groups is 2. The highest BCUT2D eigenvalue weighted by atomic mass is 19.1. The molecule has 15 heteroatoms. The van der Waals surface area contributed by atoms with Gasteiger partial charge in [0.2, 0.25) is 5.91 Å². The molecule has 0 aromatic heterocycles. The summed E-state index contributed by atoms with van der Waals surface area (Å²) in [6.45, 7) is 4.56. The van der Waals surface area contributed by atoms with E-state index in [0.717, 1.165) is 39.0 Å². The molecule has 2 aliphatic heterocycles. The number of hydrogen-bond acceptors (Lipinski definition) is 8. The fourth-order valence-electron chi connectivity index (χ4n) is 4.16. The van der Waals surface area contributed by atoms with Crippen molar-refractivity contribution in [2.75, 3.05) is 31.1 Å². The van der Waals surface area contributed by atoms with Crippen molar-refractivity contribution < 1.29 is 48.7 Å². The summed E-state index contributed by atoms with van der Waals surface area (Å²) in [4.78, 5) is 49.5. The van der Waals surface area contributed by atoms with E-state index >= 15 is 0 Å². The monoisotopic (exact) mass is 541 g/mol. The van der Waals surface area contributed by atoms with E-state index in [4.69, 9.17) is 36.6 Å². The minimum absolute atomic E-state index is 0.133. The summed E-state index contributed by atoms with van der Waals surface area (Å²) >= 11 is 0. The second-order valence-electron chi connectivity index (χ2n) is 8.92. The van der Waals surface area contributed by atoms with Crippen molar-refractivity contribution in [2.24, 2.45) is 28.3 Å². The van der Waals surface area contributed by atoms with Gasteiger partial charge in [0.05, 0.1) is 5.69 Å². The molecule has 2 aliphatic rings. The van der Waals surface area contributed by atoms with Gasteiger partial charge in [-0.25, -0.2) is 18.8 Å². The van der Waals surface area contributed by atoms with Crippen LogP contribution in [0.1, 0.15) is 25.3 Å². The Labute approximate surface area is 217 Å². The van der Waals surface area contributed by atoms with Crippen LogP contribution in [0.15, 0.2) is 23.2 Å². The summed E-state index contributed by atoms with van der Waals surface area (Å²) in [6, 6.07) is 5.03. The summed E-state index contributed by atoms with van der Waals surface area (Å²) in [5, 5.41) is 32.5. The highest BCUT2D eigenvalue weighted by molar-refractivity contribution is 5.87. The molecule has 210 valence electrons. The van der Waals surface area contributed by atoms with Crippen molar-refractivity contribution in [3.63, 3.8) is 0 Å². The van der Waals surface area contributed by atoms with Crippen molar-refractivity contribution in [1.29, 1.82) is 0 Å². The first-order valence-electron chi connectivity index (χ1n) is 11.7. The van der Waals surface area contributed by atoms with Gasteiger partial charge in [-0.05, 0) is 30.7 Å². The smallest absolute Gasteiger partial charge is 0.437 e. The van der Waals surface area contributed by atoms with Crippen molar-refractivity contribution in [2.45, 2.75) is 38.6 Å². The standard InChI is InChI=1S/C19H26FN5O3.C4H6O6/c1-12(26)24-7-5-13(6-8-24)15-9-25(10-15)16-4-2-3-14(17(16)20)11-28-19(27)23-18(21)22;5-1(3(7)8)2(6)4(9)10/h2-4,13,15H,5-11H2,1H3,(H4,21,22,23,27);1-2,5-6H,(H,7,8)(H,9,10)/t;1-,2-/m.1/s1. The lowest BCUT2D eigenvalue weighted by Gasteiger charge is -2.47. The molecule has 3 rings (SSSR count). The predicted octanol–water partition coefficient (Wildman–Crippen LogP) is -0.692. The number of anilines is 1. The molecule has 8 N–H and O–H groups in total. The number of benzene rings is 1. The number of aliphatic hydroxyl groups excluding tert-OH is 2. The molecule has 2 fully saturated rings. The van der Waals surface area contributed by atoms with Crippen LogP contribution in [0.5, 0.6) is 0 Å². The van der Waals surface area contributed by atoms with Gasteiger partial charge < -0.3 is 46.4 Å². The van der Waals surface area contributed by atoms with Crippen LogP contribution in [0.25, 0.3) is 0 Å². The molecule has 38 heavy (non-hydrogen) atoms. The Hall–Kier alpha value is -3.98. The molecule has 0 saturated carbocycles. The number of carbonyl (C=O) groups excluding carboxylic acids is 2. The number of likely N-dealkylation sites (tertiary alicyclic amines) is 1. The number of carboxylic acids is 2. The first-order valence-corrected chi connectivity index (χ1v) is 11.7. The number of aliphatic carboxylic acids is 2. The van der Waals surface area contributed by atoms with Crippen LogP contribution in [0.2, 0.25) is 0 Å². The second-order valence-corrected chi connectivity index (χ2v) is 8.92. The van der Waals surface area contributed by atoms with E-state index in [0.29, 0.717) is 17.5 Å². The Kier molecular flexibility index (Phi) is 10.8. The number of piperidine rings is 1. The van der Waals surface area contributed by atoms with Gasteiger partial charge in [-0.2, -0.15) is 0 Å². The normalized spacial score (nSPS) is 17.3. The molecule has 0 unspecified atom stereocenters. The third-order valence-corrected chi connectivity index (χ3v) is 6.34. The van der Waals surface area contributed by atoms with Crippen LogP contribution >= 0.6 is 0 Å². The predicted molar refractivity (Wildman–Crippen MR) is 130 cm³/mol. The number of guanidine groups is 1. The van der Waals surface area contributed by atoms with Crippen molar-refractivity contribution in [1.82, 2.24) is 4.90 Å². The molecular weight excluding hydrogens is 509 g/mol. The molecule has 0 aliphatic carbocycles. The molecule has 0 bridgehead atoms. The van der Waals surface area contributed by atoms with E-state index < -0.39 is 42.0 Å². The van der Waals surface area contributed by atoms with Gasteiger partial charge in [0, 0.05) is 38.7 Å². The summed E-state index contributed by atoms with van der Waals surface area (Å²) in [5.74, 6) is -3.13. The number of halogens is 1. The number of ether oxygens (including phenoxy) is 1. The van der Waals surface area contributed by atoms with Crippen molar-refractivity contribution >= 4 is 35.6 Å². The first kappa shape index (κ1) is 30.2. The Bertz CT molecular complexity index is 1030. The van der Waals surface area contributed by atoms with Gasteiger partial charge in [0.1, 0.15) is 6.61 Å². The van der Waals surface area contributed by atoms with E-state index in [9.17, 15) is 23.6 Å². The molecule has 1 aromatic carbocycles. The van der Waals surface area contributed by atoms with Crippen LogP contribution in [-0.2, 0) is 25.7 Å². The van der Waals surface area contributed by atoms with Gasteiger partial charge in [-0.15, -0.1) is 4.99 Å². The third kappa shape index (κ3) is 8.27. The largest absolute Gasteiger partial charge is 0.479 e. The van der Waals surface area contributed by atoms with Crippen molar-refractivity contribution in [3.8, 4) is 0 Å². The number of amides is 2. The average molecular weight is 542 g/mol. The average Bonchev–Trinajstić information content (AvgIpc) is 2.82. The highest BCUT2D eigenvalue weighted by Crippen LogP contribution is 2.36. The molecule has 2 saturated heterocycles. The maximum atomic E-state index is 14.8. The number of nitrogens with zero attached hydrogens (tertiary/aromatic N) is 3. The summed E-state index contributed by atoms with van der Waals surface area (Å²) in [7, 11) is 0. The topological polar surface area (TPSA) is 229 Å². The maximum absolute atomic E-state index is 14.8. The van der Waals surface area contributed by atoms with Gasteiger partial charge in [0.25, 0.3) is 0 Å². The zero-order valence-electron chi connectivity index (χ0n) is 20.7. The molecule has 1 aromatic rings. The molecule has 2 amide bonds. The molecule has 0 radical (unpaired) electrons. The van der Waals surface area contributed by atoms with E-state index in [1.165, 1.54) is 0 Å². The lowest BCUT2D eigenvalue weighted by Crippen LogP contribution is -2.52. The quantitative estimate of drug-likeness (QED) is 0.186. The summed E-state index contributed by atoms with van der Waals surface area (Å²) in [5.41, 5.74) is 11.0. The van der Waals surface area contributed by atoms with Crippen LogP contribution < -0.4 is 16.4 Å². The van der Waals surface area contributed by atoms with Crippen molar-refractivity contribution in [3.05, 3.63) is 29.6 Å². The van der Waals surface area contributed by atoms with Gasteiger partial charge in [-0.1, -0.05) is 12.1 Å². The van der Waals surface area contributed by atoms with Crippen LogP contribution in [0, 0.1) is 17.7 Å². The zero-order chi connectivity index (χ0) is 28.6. The Morgan fingerprint density at radius 3 is 2.08 bits per heavy atom. The lowest BCUT2D eigenvalue weighted by molar-refractivity contribution is -0.165. The highest BCUT2D eigenvalue weighted by Gasteiger charge is 2.36. The van der Waals surface area contributed by atoms with E-state index in [1.807, 2.05) is 9.80 Å². The number of rotatable bonds is 7. The second kappa shape index (κ2) is 13.5. The minimum Gasteiger partial charge on any atom is -0.479 e. The number of carbonyl (C=O) groups is 4. The molecule has 14 nitrogen and oxygen atoms in total. The number of hydrogen-bond donors (Lipinski definition) is 6. The number of nitrogens with two attached hydrogens (primary N) is 2. The molecule has 2 heterocycles. The number of carboxylic acid groups (broad SMARTS) is 2. The Morgan fingerprint density at radius 2 is 1.61 bits per heavy atom. The Balaban J connectivity index is 0.000000432. The molecular formula is C23H32FN5O9. The fourth-order valence-corrected chi connectivity index (χ4v) is 4.16. The SMILES string of the molecule is CC(=O)N1CCC(C2CN(c3cccc(COC(=O)N=C(N)N)c3F)C2)CC1.O=C(O)[C@H](O)[C@@H](O)C(=O)O. The van der Waals surface area contributed by atoms with Gasteiger partial charge >= 0.3 is 18.0 Å². The van der Waals surface area contributed by atoms with Gasteiger partial charge in [0.15, 0.2) is 24.0 Å². The Morgan fingerprint density at radius 1 is 1.05 bits per heavy atom. The minimum atomic E-state index is -2.27. The maximum Gasteiger partial charge on any atom is 0.437 e. The summed E-state index contributed by atoms with van der Waals surface area (Å²) < 4.78 is 19.7.